The normalized spacial score (nSPS) is 12.7. The van der Waals surface area contributed by atoms with Crippen molar-refractivity contribution >= 4 is 35.0 Å². The fourth-order valence-electron chi connectivity index (χ4n) is 3.12. The Morgan fingerprint density at radius 1 is 0.967 bits per heavy atom. The highest BCUT2D eigenvalue weighted by atomic mass is 35.5. The van der Waals surface area contributed by atoms with Crippen LogP contribution in [0.3, 0.4) is 0 Å². The van der Waals surface area contributed by atoms with Gasteiger partial charge in [-0.05, 0) is 34.9 Å². The van der Waals surface area contributed by atoms with E-state index in [1.807, 2.05) is 72.8 Å². The van der Waals surface area contributed by atoms with Gasteiger partial charge in [0, 0.05) is 10.0 Å². The number of ether oxygens (including phenoxy) is 1. The summed E-state index contributed by atoms with van der Waals surface area (Å²) in [5.41, 5.74) is 3.74. The SMILES string of the molecule is Clc1ccc(COC(C(=Cc2ccccc2)n2cncn2)c2ccccc2)c(Cl)c1. The van der Waals surface area contributed by atoms with Gasteiger partial charge < -0.3 is 4.74 Å². The maximum absolute atomic E-state index is 6.41. The quantitative estimate of drug-likeness (QED) is 0.330. The van der Waals surface area contributed by atoms with Gasteiger partial charge in [0.25, 0.3) is 0 Å². The van der Waals surface area contributed by atoms with Crippen LogP contribution < -0.4 is 0 Å². The maximum Gasteiger partial charge on any atom is 0.138 e. The third-order valence-corrected chi connectivity index (χ3v) is 5.18. The average Bonchev–Trinajstić information content (AvgIpc) is 3.30. The number of rotatable bonds is 7. The summed E-state index contributed by atoms with van der Waals surface area (Å²) in [4.78, 5) is 4.12. The molecule has 150 valence electrons. The summed E-state index contributed by atoms with van der Waals surface area (Å²) in [6, 6.07) is 25.5. The van der Waals surface area contributed by atoms with E-state index in [2.05, 4.69) is 16.2 Å². The average molecular weight is 436 g/mol. The minimum atomic E-state index is -0.389. The molecule has 4 rings (SSSR count). The molecule has 0 aliphatic heterocycles. The largest absolute Gasteiger partial charge is 0.362 e. The Bertz CT molecular complexity index is 1110. The molecule has 3 aromatic carbocycles. The molecule has 0 saturated carbocycles. The summed E-state index contributed by atoms with van der Waals surface area (Å²) >= 11 is 12.4. The molecule has 4 nitrogen and oxygen atoms in total. The van der Waals surface area contributed by atoms with E-state index in [1.54, 1.807) is 17.1 Å². The lowest BCUT2D eigenvalue weighted by Gasteiger charge is -2.22. The summed E-state index contributed by atoms with van der Waals surface area (Å²) in [6.07, 6.45) is 4.84. The molecule has 30 heavy (non-hydrogen) atoms. The molecule has 0 N–H and O–H groups in total. The predicted octanol–water partition coefficient (Wildman–Crippen LogP) is 6.54. The summed E-state index contributed by atoms with van der Waals surface area (Å²) in [7, 11) is 0. The van der Waals surface area contributed by atoms with Crippen LogP contribution in [0.2, 0.25) is 10.0 Å². The van der Waals surface area contributed by atoms with Crippen molar-refractivity contribution in [2.75, 3.05) is 0 Å². The van der Waals surface area contributed by atoms with Crippen LogP contribution in [0.5, 0.6) is 0 Å². The van der Waals surface area contributed by atoms with E-state index in [0.29, 0.717) is 16.7 Å². The maximum atomic E-state index is 6.41. The van der Waals surface area contributed by atoms with E-state index in [0.717, 1.165) is 22.4 Å². The van der Waals surface area contributed by atoms with E-state index in [4.69, 9.17) is 27.9 Å². The highest BCUT2D eigenvalue weighted by Gasteiger charge is 2.21. The van der Waals surface area contributed by atoms with E-state index >= 15 is 0 Å². The number of aromatic nitrogens is 3. The van der Waals surface area contributed by atoms with Crippen molar-refractivity contribution < 1.29 is 4.74 Å². The van der Waals surface area contributed by atoms with Crippen molar-refractivity contribution in [1.29, 1.82) is 0 Å². The molecular weight excluding hydrogens is 417 g/mol. The lowest BCUT2D eigenvalue weighted by Crippen LogP contribution is -2.13. The topological polar surface area (TPSA) is 39.9 Å². The van der Waals surface area contributed by atoms with Crippen LogP contribution in [-0.4, -0.2) is 14.8 Å². The number of benzene rings is 3. The van der Waals surface area contributed by atoms with Crippen molar-refractivity contribution in [2.24, 2.45) is 0 Å². The van der Waals surface area contributed by atoms with E-state index in [1.165, 1.54) is 6.33 Å². The van der Waals surface area contributed by atoms with E-state index < -0.39 is 0 Å². The van der Waals surface area contributed by atoms with Crippen LogP contribution in [-0.2, 0) is 11.3 Å². The molecule has 1 atom stereocenters. The standard InChI is InChI=1S/C24H19Cl2N3O/c25-21-12-11-20(22(26)14-21)15-30-24(19-9-5-2-6-10-19)23(29-17-27-16-28-29)13-18-7-3-1-4-8-18/h1-14,16-17,24H,15H2. The minimum Gasteiger partial charge on any atom is -0.362 e. The van der Waals surface area contributed by atoms with Crippen molar-refractivity contribution in [3.8, 4) is 0 Å². The second kappa shape index (κ2) is 9.72. The first-order valence-corrected chi connectivity index (χ1v) is 10.2. The molecule has 0 spiro atoms. The lowest BCUT2D eigenvalue weighted by atomic mass is 10.0. The van der Waals surface area contributed by atoms with Crippen molar-refractivity contribution in [3.05, 3.63) is 118 Å². The second-order valence-electron chi connectivity index (χ2n) is 6.66. The Morgan fingerprint density at radius 2 is 1.70 bits per heavy atom. The summed E-state index contributed by atoms with van der Waals surface area (Å²) in [5, 5.41) is 5.52. The Morgan fingerprint density at radius 3 is 2.37 bits per heavy atom. The van der Waals surface area contributed by atoms with Crippen molar-refractivity contribution in [2.45, 2.75) is 12.7 Å². The smallest absolute Gasteiger partial charge is 0.138 e. The highest BCUT2D eigenvalue weighted by molar-refractivity contribution is 6.35. The van der Waals surface area contributed by atoms with Gasteiger partial charge >= 0.3 is 0 Å². The second-order valence-corrected chi connectivity index (χ2v) is 7.50. The zero-order valence-electron chi connectivity index (χ0n) is 16.0. The van der Waals surface area contributed by atoms with Gasteiger partial charge in [0.05, 0.1) is 12.3 Å². The van der Waals surface area contributed by atoms with Gasteiger partial charge in [-0.2, -0.15) is 5.10 Å². The molecular formula is C24H19Cl2N3O. The van der Waals surface area contributed by atoms with Crippen molar-refractivity contribution in [1.82, 2.24) is 14.8 Å². The van der Waals surface area contributed by atoms with E-state index in [-0.39, 0.29) is 6.10 Å². The fraction of sp³-hybridized carbons (Fsp3) is 0.0833. The number of halogens is 2. The fourth-order valence-corrected chi connectivity index (χ4v) is 3.58. The van der Waals surface area contributed by atoms with Crippen LogP contribution in [0.1, 0.15) is 22.8 Å². The lowest BCUT2D eigenvalue weighted by molar-refractivity contribution is 0.0747. The molecule has 0 amide bonds. The van der Waals surface area contributed by atoms with Crippen LogP contribution in [0.25, 0.3) is 11.8 Å². The zero-order chi connectivity index (χ0) is 20.8. The molecule has 0 aliphatic rings. The number of hydrogen-bond donors (Lipinski definition) is 0. The molecule has 0 aliphatic carbocycles. The summed E-state index contributed by atoms with van der Waals surface area (Å²) < 4.78 is 8.14. The van der Waals surface area contributed by atoms with Gasteiger partial charge in [0.15, 0.2) is 0 Å². The summed E-state index contributed by atoms with van der Waals surface area (Å²) in [5.74, 6) is 0. The predicted molar refractivity (Wildman–Crippen MR) is 121 cm³/mol. The van der Waals surface area contributed by atoms with Gasteiger partial charge in [0.2, 0.25) is 0 Å². The first-order valence-electron chi connectivity index (χ1n) is 9.43. The van der Waals surface area contributed by atoms with E-state index in [9.17, 15) is 0 Å². The number of hydrogen-bond acceptors (Lipinski definition) is 3. The van der Waals surface area contributed by atoms with Crippen LogP contribution in [0, 0.1) is 0 Å². The van der Waals surface area contributed by atoms with Gasteiger partial charge in [-0.15, -0.1) is 0 Å². The first-order chi connectivity index (χ1) is 14.7. The summed E-state index contributed by atoms with van der Waals surface area (Å²) in [6.45, 7) is 0.316. The molecule has 1 aromatic heterocycles. The third kappa shape index (κ3) is 4.97. The van der Waals surface area contributed by atoms with Crippen molar-refractivity contribution in [3.63, 3.8) is 0 Å². The number of nitrogens with zero attached hydrogens (tertiary/aromatic N) is 3. The molecule has 0 fully saturated rings. The minimum absolute atomic E-state index is 0.316. The third-order valence-electron chi connectivity index (χ3n) is 4.59. The highest BCUT2D eigenvalue weighted by Crippen LogP contribution is 2.32. The monoisotopic (exact) mass is 435 g/mol. The van der Waals surface area contributed by atoms with Gasteiger partial charge in [-0.25, -0.2) is 9.67 Å². The molecule has 4 aromatic rings. The first kappa shape index (κ1) is 20.4. The van der Waals surface area contributed by atoms with Crippen LogP contribution >= 0.6 is 23.2 Å². The molecule has 1 heterocycles. The van der Waals surface area contributed by atoms with Crippen LogP contribution in [0.15, 0.2) is 91.5 Å². The van der Waals surface area contributed by atoms with Gasteiger partial charge in [0.1, 0.15) is 18.8 Å². The Kier molecular flexibility index (Phi) is 6.60. The van der Waals surface area contributed by atoms with Crippen LogP contribution in [0.4, 0.5) is 0 Å². The molecule has 6 heteroatoms. The zero-order valence-corrected chi connectivity index (χ0v) is 17.5. The molecule has 1 unspecified atom stereocenters. The molecule has 0 bridgehead atoms. The Hall–Kier alpha value is -2.92. The molecule has 0 radical (unpaired) electrons. The van der Waals surface area contributed by atoms with Gasteiger partial charge in [-0.1, -0.05) is 89.9 Å². The Balaban J connectivity index is 1.74. The van der Waals surface area contributed by atoms with Gasteiger partial charge in [-0.3, -0.25) is 0 Å². The molecule has 0 saturated heterocycles. The Labute approximate surface area is 185 Å².